The Bertz CT molecular complexity index is 152. The number of nitriles is 2. The Kier molecular flexibility index (Phi) is 10.7. The Morgan fingerprint density at radius 3 is 1.60 bits per heavy atom. The van der Waals surface area contributed by atoms with Crippen LogP contribution in [0.2, 0.25) is 0 Å². The fraction of sp³-hybridized carbons (Fsp3) is 0. The van der Waals surface area contributed by atoms with Crippen LogP contribution in [0.3, 0.4) is 0 Å². The molecule has 7 nitrogen and oxygen atoms in total. The van der Waals surface area contributed by atoms with Crippen LogP contribution in [0.1, 0.15) is 0 Å². The van der Waals surface area contributed by atoms with Gasteiger partial charge >= 0.3 is 0 Å². The van der Waals surface area contributed by atoms with Crippen LogP contribution >= 0.6 is 0 Å². The molecule has 0 atom stereocenters. The molecule has 0 aliphatic heterocycles. The molecule has 7 N–H and O–H groups in total. The molecule has 7 heteroatoms. The summed E-state index contributed by atoms with van der Waals surface area (Å²) in [4.78, 5) is 0. The zero-order valence-electron chi connectivity index (χ0n) is 5.07. The third-order valence-corrected chi connectivity index (χ3v) is 0.261. The average molecular weight is 141 g/mol. The SMILES string of the molecule is N#CNC#N.NN=C(N)N. The summed E-state index contributed by atoms with van der Waals surface area (Å²) in [5.74, 6) is 4.42. The van der Waals surface area contributed by atoms with E-state index in [0.717, 1.165) is 0 Å². The Morgan fingerprint density at radius 1 is 1.30 bits per heavy atom. The topological polar surface area (TPSA) is 150 Å². The molecular formula is C3H7N7. The summed E-state index contributed by atoms with van der Waals surface area (Å²) >= 11 is 0. The van der Waals surface area contributed by atoms with Crippen LogP contribution in [0, 0.1) is 22.9 Å². The third kappa shape index (κ3) is 40.2. The molecular weight excluding hydrogens is 134 g/mol. The van der Waals surface area contributed by atoms with E-state index in [4.69, 9.17) is 22.0 Å². The van der Waals surface area contributed by atoms with Crippen molar-refractivity contribution in [2.75, 3.05) is 0 Å². The normalized spacial score (nSPS) is 5.00. The number of guanidine groups is 1. The lowest BCUT2D eigenvalue weighted by atomic mass is 11.1. The molecule has 0 aromatic heterocycles. The maximum Gasteiger partial charge on any atom is 0.208 e. The smallest absolute Gasteiger partial charge is 0.208 e. The molecule has 0 aliphatic rings. The van der Waals surface area contributed by atoms with Gasteiger partial charge in [-0.3, -0.25) is 0 Å². The summed E-state index contributed by atoms with van der Waals surface area (Å²) in [5.41, 5.74) is 9.39. The van der Waals surface area contributed by atoms with E-state index in [1.807, 2.05) is 0 Å². The largest absolute Gasteiger partial charge is 0.369 e. The van der Waals surface area contributed by atoms with Crippen molar-refractivity contribution in [2.24, 2.45) is 22.4 Å². The summed E-state index contributed by atoms with van der Waals surface area (Å²) < 4.78 is 0. The first-order valence-electron chi connectivity index (χ1n) is 2.01. The maximum absolute atomic E-state index is 7.48. The van der Waals surface area contributed by atoms with Gasteiger partial charge in [0, 0.05) is 0 Å². The molecule has 10 heavy (non-hydrogen) atoms. The second-order valence-corrected chi connectivity index (χ2v) is 0.903. The summed E-state index contributed by atoms with van der Waals surface area (Å²) in [6.07, 6.45) is 2.81. The molecule has 0 fully saturated rings. The fourth-order valence-electron chi connectivity index (χ4n) is 0.0250. The number of hydrazone groups is 1. The highest BCUT2D eigenvalue weighted by atomic mass is 15.2. The number of rotatable bonds is 0. The van der Waals surface area contributed by atoms with Crippen molar-refractivity contribution in [3.8, 4) is 12.4 Å². The molecule has 0 unspecified atom stereocenters. The van der Waals surface area contributed by atoms with Gasteiger partial charge in [0.05, 0.1) is 0 Å². The van der Waals surface area contributed by atoms with E-state index in [1.54, 1.807) is 5.32 Å². The molecule has 0 saturated heterocycles. The van der Waals surface area contributed by atoms with Gasteiger partial charge in [-0.2, -0.15) is 10.5 Å². The molecule has 0 saturated carbocycles. The van der Waals surface area contributed by atoms with E-state index in [1.165, 1.54) is 12.4 Å². The highest BCUT2D eigenvalue weighted by Crippen LogP contribution is 1.31. The Labute approximate surface area is 57.7 Å². The molecule has 0 aliphatic carbocycles. The van der Waals surface area contributed by atoms with E-state index < -0.39 is 0 Å². The first-order chi connectivity index (χ1) is 4.68. The Balaban J connectivity index is 0. The average Bonchev–Trinajstić information content (AvgIpc) is 1.91. The van der Waals surface area contributed by atoms with Gasteiger partial charge in [0.15, 0.2) is 12.4 Å². The van der Waals surface area contributed by atoms with Gasteiger partial charge in [0.2, 0.25) is 5.96 Å². The molecule has 0 bridgehead atoms. The molecule has 0 amide bonds. The minimum Gasteiger partial charge on any atom is -0.369 e. The first kappa shape index (κ1) is 10.8. The maximum atomic E-state index is 7.48. The van der Waals surface area contributed by atoms with Crippen LogP contribution in [0.5, 0.6) is 0 Å². The highest BCUT2D eigenvalue weighted by molar-refractivity contribution is 5.75. The summed E-state index contributed by atoms with van der Waals surface area (Å²) in [6, 6.07) is 0. The number of hydrogen-bond acceptors (Lipinski definition) is 5. The fourth-order valence-corrected chi connectivity index (χ4v) is 0.0250. The zero-order valence-corrected chi connectivity index (χ0v) is 5.07. The van der Waals surface area contributed by atoms with Gasteiger partial charge in [-0.1, -0.05) is 0 Å². The van der Waals surface area contributed by atoms with Crippen LogP contribution < -0.4 is 22.6 Å². The number of hydrogen-bond donors (Lipinski definition) is 4. The van der Waals surface area contributed by atoms with Crippen molar-refractivity contribution >= 4 is 5.96 Å². The quantitative estimate of drug-likeness (QED) is 0.0741. The van der Waals surface area contributed by atoms with E-state index in [-0.39, 0.29) is 5.96 Å². The van der Waals surface area contributed by atoms with E-state index in [0.29, 0.717) is 0 Å². The van der Waals surface area contributed by atoms with E-state index >= 15 is 0 Å². The molecule has 0 heterocycles. The predicted molar refractivity (Wildman–Crippen MR) is 34.4 cm³/mol. The number of nitrogens with one attached hydrogen (secondary N) is 1. The van der Waals surface area contributed by atoms with Crippen molar-refractivity contribution in [1.82, 2.24) is 5.32 Å². The highest BCUT2D eigenvalue weighted by Gasteiger charge is 1.62. The molecule has 0 rings (SSSR count). The van der Waals surface area contributed by atoms with Crippen LogP contribution in [0.4, 0.5) is 0 Å². The molecule has 0 spiro atoms. The van der Waals surface area contributed by atoms with Crippen LogP contribution in [-0.4, -0.2) is 5.96 Å². The van der Waals surface area contributed by atoms with Crippen LogP contribution in [0.15, 0.2) is 5.10 Å². The summed E-state index contributed by atoms with van der Waals surface area (Å²) in [7, 11) is 0. The lowest BCUT2D eigenvalue weighted by Gasteiger charge is -1.76. The van der Waals surface area contributed by atoms with E-state index in [2.05, 4.69) is 10.9 Å². The zero-order chi connectivity index (χ0) is 8.41. The molecule has 0 aromatic carbocycles. The van der Waals surface area contributed by atoms with Crippen molar-refractivity contribution in [3.05, 3.63) is 0 Å². The summed E-state index contributed by atoms with van der Waals surface area (Å²) in [5, 5.41) is 19.5. The first-order valence-corrected chi connectivity index (χ1v) is 2.01. The van der Waals surface area contributed by atoms with Crippen molar-refractivity contribution in [3.63, 3.8) is 0 Å². The van der Waals surface area contributed by atoms with Gasteiger partial charge in [-0.05, 0) is 0 Å². The van der Waals surface area contributed by atoms with Crippen molar-refractivity contribution < 1.29 is 0 Å². The second-order valence-electron chi connectivity index (χ2n) is 0.903. The standard InChI is InChI=1S/C2HN3.CH6N4/c3-1-5-2-4;2-1(3)5-4/h5H;4H2,(H4,2,3,5). The second kappa shape index (κ2) is 9.97. The van der Waals surface area contributed by atoms with Gasteiger partial charge in [-0.25, -0.2) is 5.32 Å². The predicted octanol–water partition coefficient (Wildman–Crippen LogP) is -2.33. The lowest BCUT2D eigenvalue weighted by molar-refractivity contribution is 1.20. The molecule has 0 aromatic rings. The summed E-state index contributed by atoms with van der Waals surface area (Å²) in [6.45, 7) is 0. The van der Waals surface area contributed by atoms with Crippen molar-refractivity contribution in [2.45, 2.75) is 0 Å². The third-order valence-electron chi connectivity index (χ3n) is 0.261. The number of nitrogens with zero attached hydrogens (tertiary/aromatic N) is 3. The minimum absolute atomic E-state index is 0.0926. The monoisotopic (exact) mass is 141 g/mol. The molecule has 0 radical (unpaired) electrons. The number of nitrogens with two attached hydrogens (primary N) is 3. The van der Waals surface area contributed by atoms with Gasteiger partial charge in [-0.15, -0.1) is 5.10 Å². The van der Waals surface area contributed by atoms with Gasteiger partial charge < -0.3 is 17.3 Å². The van der Waals surface area contributed by atoms with E-state index in [9.17, 15) is 0 Å². The van der Waals surface area contributed by atoms with Crippen molar-refractivity contribution in [1.29, 1.82) is 10.5 Å². The lowest BCUT2D eigenvalue weighted by Crippen LogP contribution is -2.23. The molecule has 54 valence electrons. The van der Waals surface area contributed by atoms with Gasteiger partial charge in [0.25, 0.3) is 0 Å². The Morgan fingerprint density at radius 2 is 1.60 bits per heavy atom. The van der Waals surface area contributed by atoms with Crippen LogP contribution in [-0.2, 0) is 0 Å². The minimum atomic E-state index is -0.0926. The Hall–Kier alpha value is -2.15. The van der Waals surface area contributed by atoms with Gasteiger partial charge in [0.1, 0.15) is 0 Å². The van der Waals surface area contributed by atoms with Crippen LogP contribution in [0.25, 0.3) is 0 Å².